The van der Waals surface area contributed by atoms with Crippen LogP contribution in [0.1, 0.15) is 54.1 Å². The van der Waals surface area contributed by atoms with Crippen LogP contribution in [0.4, 0.5) is 0 Å². The Morgan fingerprint density at radius 2 is 1.60 bits per heavy atom. The minimum absolute atomic E-state index is 0.0126. The molecular weight excluding hydrogens is 534 g/mol. The summed E-state index contributed by atoms with van der Waals surface area (Å²) in [4.78, 5) is 20.3. The molecule has 1 amide bonds. The Balaban J connectivity index is 1.28. The number of aromatic nitrogens is 5. The summed E-state index contributed by atoms with van der Waals surface area (Å²) < 4.78 is 2.16. The number of hydrogen-bond acceptors (Lipinski definition) is 4. The molecule has 0 aliphatic carbocycles. The van der Waals surface area contributed by atoms with Crippen LogP contribution >= 0.6 is 0 Å². The third kappa shape index (κ3) is 5.46. The molecule has 1 unspecified atom stereocenters. The van der Waals surface area contributed by atoms with Crippen molar-refractivity contribution >= 4 is 27.7 Å². The van der Waals surface area contributed by atoms with Crippen molar-refractivity contribution in [2.24, 2.45) is 0 Å². The van der Waals surface area contributed by atoms with Gasteiger partial charge in [0.2, 0.25) is 5.91 Å². The number of aryl methyl sites for hydroxylation is 3. The van der Waals surface area contributed by atoms with Gasteiger partial charge in [-0.2, -0.15) is 0 Å². The number of nitrogens with one attached hydrogen (secondary N) is 4. The molecule has 4 heterocycles. The molecular formula is C35H37N7O. The number of para-hydroxylation sites is 2. The number of amides is 1. The fourth-order valence-corrected chi connectivity index (χ4v) is 6.37. The monoisotopic (exact) mass is 571 g/mol. The summed E-state index contributed by atoms with van der Waals surface area (Å²) in [5.74, 6) is 1.63. The Morgan fingerprint density at radius 3 is 2.30 bits per heavy atom. The molecule has 0 spiro atoms. The van der Waals surface area contributed by atoms with Crippen molar-refractivity contribution in [1.82, 2.24) is 35.4 Å². The quantitative estimate of drug-likeness (QED) is 0.169. The maximum atomic E-state index is 13.5. The minimum Gasteiger partial charge on any atom is -0.361 e. The third-order valence-corrected chi connectivity index (χ3v) is 8.75. The van der Waals surface area contributed by atoms with Crippen LogP contribution in [-0.4, -0.2) is 43.2 Å². The maximum absolute atomic E-state index is 13.5. The molecule has 8 nitrogen and oxygen atoms in total. The number of H-pyrrole nitrogens is 2. The van der Waals surface area contributed by atoms with Gasteiger partial charge >= 0.3 is 0 Å². The Bertz CT molecular complexity index is 1860. The molecule has 0 bridgehead atoms. The van der Waals surface area contributed by atoms with Crippen LogP contribution in [0.2, 0.25) is 0 Å². The molecule has 1 aliphatic rings. The zero-order chi connectivity index (χ0) is 29.2. The molecule has 0 radical (unpaired) electrons. The van der Waals surface area contributed by atoms with Crippen molar-refractivity contribution in [3.63, 3.8) is 0 Å². The first-order valence-electron chi connectivity index (χ1n) is 15.3. The van der Waals surface area contributed by atoms with Crippen LogP contribution in [0.25, 0.3) is 27.5 Å². The molecule has 7 rings (SSSR count). The highest BCUT2D eigenvalue weighted by atomic mass is 16.2. The Labute approximate surface area is 250 Å². The highest BCUT2D eigenvalue weighted by Crippen LogP contribution is 2.28. The van der Waals surface area contributed by atoms with E-state index in [0.717, 1.165) is 71.5 Å². The molecule has 0 saturated carbocycles. The number of carbonyl (C=O) groups excluding carboxylic acids is 1. The van der Waals surface area contributed by atoms with Crippen molar-refractivity contribution in [1.29, 1.82) is 0 Å². The van der Waals surface area contributed by atoms with Gasteiger partial charge in [-0.05, 0) is 73.2 Å². The normalized spacial score (nSPS) is 15.8. The Morgan fingerprint density at radius 1 is 0.907 bits per heavy atom. The van der Waals surface area contributed by atoms with Gasteiger partial charge in [-0.15, -0.1) is 10.2 Å². The summed E-state index contributed by atoms with van der Waals surface area (Å²) in [6.07, 6.45) is 9.08. The molecule has 43 heavy (non-hydrogen) atoms. The Kier molecular flexibility index (Phi) is 7.51. The van der Waals surface area contributed by atoms with Crippen LogP contribution in [-0.2, 0) is 30.5 Å². The van der Waals surface area contributed by atoms with Gasteiger partial charge in [-0.25, -0.2) is 0 Å². The maximum Gasteiger partial charge on any atom is 0.237 e. The van der Waals surface area contributed by atoms with E-state index in [4.69, 9.17) is 10.2 Å². The van der Waals surface area contributed by atoms with Gasteiger partial charge in [-0.3, -0.25) is 9.36 Å². The molecule has 8 heteroatoms. The summed E-state index contributed by atoms with van der Waals surface area (Å²) in [5.41, 5.74) is 6.88. The number of nitrogens with zero attached hydrogens (tertiary/aromatic N) is 3. The van der Waals surface area contributed by atoms with E-state index in [0.29, 0.717) is 12.8 Å². The van der Waals surface area contributed by atoms with Gasteiger partial charge < -0.3 is 20.6 Å². The lowest BCUT2D eigenvalue weighted by Gasteiger charge is -2.22. The fourth-order valence-electron chi connectivity index (χ4n) is 6.37. The Hall–Kier alpha value is -4.69. The first-order chi connectivity index (χ1) is 21.2. The van der Waals surface area contributed by atoms with Gasteiger partial charge in [0.05, 0.1) is 12.1 Å². The van der Waals surface area contributed by atoms with Crippen LogP contribution in [0.3, 0.4) is 0 Å². The largest absolute Gasteiger partial charge is 0.361 e. The summed E-state index contributed by atoms with van der Waals surface area (Å²) in [6, 6.07) is 24.7. The summed E-state index contributed by atoms with van der Waals surface area (Å²) in [5, 5.41) is 18.7. The van der Waals surface area contributed by atoms with Gasteiger partial charge in [0.25, 0.3) is 0 Å². The molecule has 6 aromatic rings. The number of fused-ring (bicyclic) bond motifs is 2. The smallest absolute Gasteiger partial charge is 0.237 e. The highest BCUT2D eigenvalue weighted by Gasteiger charge is 2.29. The minimum atomic E-state index is -0.366. The molecule has 3 aromatic heterocycles. The third-order valence-electron chi connectivity index (χ3n) is 8.75. The predicted molar refractivity (Wildman–Crippen MR) is 170 cm³/mol. The van der Waals surface area contributed by atoms with Crippen LogP contribution in [0, 0.1) is 0 Å². The number of hydrogen-bond donors (Lipinski definition) is 4. The molecule has 1 aliphatic heterocycles. The van der Waals surface area contributed by atoms with Gasteiger partial charge in [0.1, 0.15) is 5.82 Å². The van der Waals surface area contributed by atoms with Crippen LogP contribution < -0.4 is 10.6 Å². The standard InChI is InChI=1S/C35H37N7O/c1-2-23-13-16-26(17-14-23)42-33(18-15-24-21-37-29-10-5-3-8-27(24)29)40-41-34(42)32(39-35(43)31-12-7-19-36-31)20-25-22-38-30-11-6-4-9-28(25)30/h3-6,8-11,13-14,16-17,21-22,31-32,36-38H,2,7,12,15,18-20H2,1H3,(H,39,43)/t31-,32?/m0/s1. The van der Waals surface area contributed by atoms with Crippen LogP contribution in [0.15, 0.2) is 85.2 Å². The summed E-state index contributed by atoms with van der Waals surface area (Å²) >= 11 is 0. The van der Waals surface area contributed by atoms with Gasteiger partial charge in [0, 0.05) is 52.7 Å². The first kappa shape index (κ1) is 27.2. The predicted octanol–water partition coefficient (Wildman–Crippen LogP) is 5.73. The average molecular weight is 572 g/mol. The van der Waals surface area contributed by atoms with Crippen molar-refractivity contribution in [2.75, 3.05) is 6.54 Å². The zero-order valence-corrected chi connectivity index (χ0v) is 24.4. The lowest BCUT2D eigenvalue weighted by Crippen LogP contribution is -2.43. The number of benzene rings is 3. The molecule has 2 atom stereocenters. The molecule has 218 valence electrons. The second-order valence-corrected chi connectivity index (χ2v) is 11.5. The van der Waals surface area contributed by atoms with E-state index in [1.807, 2.05) is 12.3 Å². The van der Waals surface area contributed by atoms with Crippen molar-refractivity contribution in [3.8, 4) is 5.69 Å². The molecule has 1 fully saturated rings. The number of carbonyl (C=O) groups is 1. The average Bonchev–Trinajstić information content (AvgIpc) is 3.86. The number of aromatic amines is 2. The van der Waals surface area contributed by atoms with E-state index in [9.17, 15) is 4.79 Å². The van der Waals surface area contributed by atoms with Crippen molar-refractivity contribution < 1.29 is 4.79 Å². The van der Waals surface area contributed by atoms with E-state index < -0.39 is 0 Å². The van der Waals surface area contributed by atoms with E-state index in [1.54, 1.807) is 0 Å². The highest BCUT2D eigenvalue weighted by molar-refractivity contribution is 5.85. The van der Waals surface area contributed by atoms with E-state index in [1.165, 1.54) is 16.5 Å². The lowest BCUT2D eigenvalue weighted by molar-refractivity contribution is -0.123. The zero-order valence-electron chi connectivity index (χ0n) is 24.4. The van der Waals surface area contributed by atoms with Crippen molar-refractivity contribution in [2.45, 2.75) is 57.5 Å². The van der Waals surface area contributed by atoms with Gasteiger partial charge in [-0.1, -0.05) is 55.5 Å². The second kappa shape index (κ2) is 11.9. The van der Waals surface area contributed by atoms with E-state index in [-0.39, 0.29) is 18.0 Å². The SMILES string of the molecule is CCc1ccc(-n2c(CCc3c[nH]c4ccccc34)nnc2C(Cc2c[nH]c3ccccc23)NC(=O)[C@@H]2CCCN2)cc1. The second-order valence-electron chi connectivity index (χ2n) is 11.5. The molecule has 1 saturated heterocycles. The summed E-state index contributed by atoms with van der Waals surface area (Å²) in [7, 11) is 0. The lowest BCUT2D eigenvalue weighted by atomic mass is 10.0. The van der Waals surface area contributed by atoms with E-state index >= 15 is 0 Å². The fraction of sp³-hybridized carbons (Fsp3) is 0.286. The number of rotatable bonds is 10. The van der Waals surface area contributed by atoms with E-state index in [2.05, 4.69) is 105 Å². The first-order valence-corrected chi connectivity index (χ1v) is 15.3. The van der Waals surface area contributed by atoms with Crippen LogP contribution in [0.5, 0.6) is 0 Å². The molecule has 3 aromatic carbocycles. The molecule has 4 N–H and O–H groups in total. The summed E-state index contributed by atoms with van der Waals surface area (Å²) in [6.45, 7) is 3.03. The topological polar surface area (TPSA) is 103 Å². The van der Waals surface area contributed by atoms with Crippen molar-refractivity contribution in [3.05, 3.63) is 114 Å². The van der Waals surface area contributed by atoms with Gasteiger partial charge in [0.15, 0.2) is 5.82 Å².